The fraction of sp³-hybridized carbons (Fsp3) is 0.650. The van der Waals surface area contributed by atoms with Crippen LogP contribution in [0, 0.1) is 0 Å². The maximum absolute atomic E-state index is 12.1. The van der Waals surface area contributed by atoms with Crippen LogP contribution in [0.3, 0.4) is 0 Å². The highest BCUT2D eigenvalue weighted by Crippen LogP contribution is 2.13. The Morgan fingerprint density at radius 2 is 1.15 bits per heavy atom. The molecular formula is C40H66O7. The molecule has 0 aliphatic carbocycles. The lowest BCUT2D eigenvalue weighted by Crippen LogP contribution is -2.28. The minimum Gasteiger partial charge on any atom is -0.462 e. The predicted octanol–water partition coefficient (Wildman–Crippen LogP) is 8.94. The smallest absolute Gasteiger partial charge is 0.306 e. The van der Waals surface area contributed by atoms with Crippen LogP contribution in [0.4, 0.5) is 0 Å². The molecule has 0 amide bonds. The molecule has 3 atom stereocenters. The molecule has 268 valence electrons. The summed E-state index contributed by atoms with van der Waals surface area (Å²) in [5, 5.41) is 29.3. The van der Waals surface area contributed by atoms with Crippen LogP contribution in [0.1, 0.15) is 136 Å². The summed E-state index contributed by atoms with van der Waals surface area (Å²) in [5.74, 6) is -0.764. The molecule has 47 heavy (non-hydrogen) atoms. The Balaban J connectivity index is 3.89. The maximum Gasteiger partial charge on any atom is 0.306 e. The van der Waals surface area contributed by atoms with Crippen LogP contribution in [0.25, 0.3) is 0 Å². The molecule has 7 heteroatoms. The number of esters is 2. The first kappa shape index (κ1) is 44.3. The SMILES string of the molecule is CC/C=C\C[C@H](O)/C=C/C=C\C=C\[C@H](O)C/C=C\C/C=C\CCC(=O)O[C@@H](CO)COC(=O)CCCCCCCCCCCCCC. The summed E-state index contributed by atoms with van der Waals surface area (Å²) in [7, 11) is 0. The van der Waals surface area contributed by atoms with Gasteiger partial charge in [0.15, 0.2) is 6.10 Å². The second-order valence-electron chi connectivity index (χ2n) is 12.0. The lowest BCUT2D eigenvalue weighted by molar-refractivity contribution is -0.161. The van der Waals surface area contributed by atoms with Crippen molar-refractivity contribution in [3.05, 3.63) is 72.9 Å². The van der Waals surface area contributed by atoms with Crippen molar-refractivity contribution in [2.75, 3.05) is 13.2 Å². The highest BCUT2D eigenvalue weighted by Gasteiger charge is 2.15. The number of aliphatic hydroxyl groups is 3. The average molecular weight is 659 g/mol. The summed E-state index contributed by atoms with van der Waals surface area (Å²) in [6.45, 7) is 3.77. The summed E-state index contributed by atoms with van der Waals surface area (Å²) in [5.41, 5.74) is 0. The van der Waals surface area contributed by atoms with E-state index in [-0.39, 0.29) is 19.0 Å². The van der Waals surface area contributed by atoms with Gasteiger partial charge in [0, 0.05) is 12.8 Å². The fourth-order valence-electron chi connectivity index (χ4n) is 4.64. The van der Waals surface area contributed by atoms with Crippen LogP contribution in [0.2, 0.25) is 0 Å². The lowest BCUT2D eigenvalue weighted by atomic mass is 10.0. The van der Waals surface area contributed by atoms with Crippen LogP contribution in [0.15, 0.2) is 72.9 Å². The van der Waals surface area contributed by atoms with Crippen molar-refractivity contribution in [2.45, 2.75) is 154 Å². The van der Waals surface area contributed by atoms with Crippen LogP contribution in [0.5, 0.6) is 0 Å². The Morgan fingerprint density at radius 3 is 1.70 bits per heavy atom. The molecule has 0 radical (unpaired) electrons. The number of rotatable bonds is 31. The predicted molar refractivity (Wildman–Crippen MR) is 194 cm³/mol. The molecule has 0 aliphatic rings. The maximum atomic E-state index is 12.1. The zero-order valence-electron chi connectivity index (χ0n) is 29.5. The monoisotopic (exact) mass is 658 g/mol. The second kappa shape index (κ2) is 34.6. The number of hydrogen-bond donors (Lipinski definition) is 3. The van der Waals surface area contributed by atoms with Gasteiger partial charge in [0.2, 0.25) is 0 Å². The number of aliphatic hydroxyl groups excluding tert-OH is 3. The van der Waals surface area contributed by atoms with Crippen molar-refractivity contribution >= 4 is 11.9 Å². The third kappa shape index (κ3) is 33.0. The first-order valence-corrected chi connectivity index (χ1v) is 18.2. The summed E-state index contributed by atoms with van der Waals surface area (Å²) in [4.78, 5) is 24.1. The lowest BCUT2D eigenvalue weighted by Gasteiger charge is -2.15. The topological polar surface area (TPSA) is 113 Å². The third-order valence-corrected chi connectivity index (χ3v) is 7.44. The molecule has 0 bridgehead atoms. The van der Waals surface area contributed by atoms with Gasteiger partial charge in [0.25, 0.3) is 0 Å². The minimum atomic E-state index is -0.848. The molecule has 0 unspecified atom stereocenters. The van der Waals surface area contributed by atoms with Crippen molar-refractivity contribution in [2.24, 2.45) is 0 Å². The Hall–Kier alpha value is -2.74. The van der Waals surface area contributed by atoms with Gasteiger partial charge in [-0.2, -0.15) is 0 Å². The molecule has 0 saturated heterocycles. The van der Waals surface area contributed by atoms with E-state index >= 15 is 0 Å². The highest BCUT2D eigenvalue weighted by molar-refractivity contribution is 5.70. The minimum absolute atomic E-state index is 0.129. The van der Waals surface area contributed by atoms with E-state index in [0.29, 0.717) is 32.1 Å². The first-order chi connectivity index (χ1) is 22.9. The Kier molecular flexibility index (Phi) is 32.6. The molecule has 0 saturated carbocycles. The Labute approximate surface area is 286 Å². The van der Waals surface area contributed by atoms with E-state index in [9.17, 15) is 24.9 Å². The quantitative estimate of drug-likeness (QED) is 0.0295. The number of allylic oxidation sites excluding steroid dienone is 8. The number of ether oxygens (including phenoxy) is 2. The van der Waals surface area contributed by atoms with Gasteiger partial charge in [-0.05, 0) is 38.5 Å². The third-order valence-electron chi connectivity index (χ3n) is 7.44. The van der Waals surface area contributed by atoms with Crippen molar-refractivity contribution in [3.8, 4) is 0 Å². The van der Waals surface area contributed by atoms with Gasteiger partial charge in [-0.25, -0.2) is 0 Å². The largest absolute Gasteiger partial charge is 0.462 e. The average Bonchev–Trinajstić information content (AvgIpc) is 3.06. The highest BCUT2D eigenvalue weighted by atomic mass is 16.6. The zero-order valence-corrected chi connectivity index (χ0v) is 29.5. The number of unbranched alkanes of at least 4 members (excludes halogenated alkanes) is 11. The van der Waals surface area contributed by atoms with Gasteiger partial charge in [-0.1, -0.05) is 157 Å². The van der Waals surface area contributed by atoms with Crippen molar-refractivity contribution in [3.63, 3.8) is 0 Å². The standard InChI is InChI=1S/C40H66O7/c1-3-5-7-8-9-10-11-12-13-14-18-26-32-39(44)46-35-38(34-41)47-40(45)33-27-19-16-15-17-23-29-37(43)31-25-21-20-24-30-36(42)28-22-6-4-2/h6,16-17,19-25,30-31,36-38,41-43H,3-5,7-15,18,26-29,32-35H2,1-2H3/b19-16-,21-20-,22-6-,23-17-,30-24+,31-25+/t36-,37+,38-/m0/s1. The van der Waals surface area contributed by atoms with Crippen molar-refractivity contribution in [1.82, 2.24) is 0 Å². The fourth-order valence-corrected chi connectivity index (χ4v) is 4.64. The summed E-state index contributed by atoms with van der Waals surface area (Å²) in [6, 6.07) is 0. The van der Waals surface area contributed by atoms with Gasteiger partial charge < -0.3 is 24.8 Å². The molecule has 0 aliphatic heterocycles. The van der Waals surface area contributed by atoms with Gasteiger partial charge in [0.1, 0.15) is 6.61 Å². The van der Waals surface area contributed by atoms with Crippen molar-refractivity contribution in [1.29, 1.82) is 0 Å². The van der Waals surface area contributed by atoms with E-state index in [1.165, 1.54) is 57.8 Å². The number of carbonyl (C=O) groups is 2. The molecular weight excluding hydrogens is 592 g/mol. The molecule has 3 N–H and O–H groups in total. The van der Waals surface area contributed by atoms with Crippen molar-refractivity contribution < 1.29 is 34.4 Å². The number of carbonyl (C=O) groups excluding carboxylic acids is 2. The first-order valence-electron chi connectivity index (χ1n) is 18.2. The Morgan fingerprint density at radius 1 is 0.617 bits per heavy atom. The number of hydrogen-bond acceptors (Lipinski definition) is 7. The van der Waals surface area contributed by atoms with E-state index < -0.39 is 30.9 Å². The molecule has 0 spiro atoms. The zero-order chi connectivity index (χ0) is 34.6. The summed E-state index contributed by atoms with van der Waals surface area (Å²) < 4.78 is 10.5. The molecule has 0 fully saturated rings. The molecule has 0 rings (SSSR count). The van der Waals surface area contributed by atoms with Gasteiger partial charge in [-0.15, -0.1) is 0 Å². The van der Waals surface area contributed by atoms with Gasteiger partial charge in [-0.3, -0.25) is 9.59 Å². The van der Waals surface area contributed by atoms with Gasteiger partial charge >= 0.3 is 11.9 Å². The molecule has 0 heterocycles. The molecule has 0 aromatic carbocycles. The van der Waals surface area contributed by atoms with Crippen LogP contribution >= 0.6 is 0 Å². The second-order valence-corrected chi connectivity index (χ2v) is 12.0. The van der Waals surface area contributed by atoms with E-state index in [0.717, 1.165) is 25.7 Å². The van der Waals surface area contributed by atoms with E-state index in [1.54, 1.807) is 24.3 Å². The Bertz CT molecular complexity index is 916. The van der Waals surface area contributed by atoms with Crippen LogP contribution < -0.4 is 0 Å². The van der Waals surface area contributed by atoms with E-state index in [2.05, 4.69) is 13.8 Å². The summed E-state index contributed by atoms with van der Waals surface area (Å²) >= 11 is 0. The van der Waals surface area contributed by atoms with Crippen LogP contribution in [-0.4, -0.2) is 58.8 Å². The molecule has 0 aromatic rings. The van der Waals surface area contributed by atoms with E-state index in [4.69, 9.17) is 9.47 Å². The van der Waals surface area contributed by atoms with Crippen LogP contribution in [-0.2, 0) is 19.1 Å². The molecule has 0 aromatic heterocycles. The normalized spacial score (nSPS) is 14.4. The van der Waals surface area contributed by atoms with Gasteiger partial charge in [0.05, 0.1) is 18.8 Å². The summed E-state index contributed by atoms with van der Waals surface area (Å²) in [6.07, 6.45) is 38.9. The molecule has 7 nitrogen and oxygen atoms in total. The van der Waals surface area contributed by atoms with E-state index in [1.807, 2.05) is 48.6 Å².